The van der Waals surface area contributed by atoms with Gasteiger partial charge in [-0.3, -0.25) is 4.79 Å². The Morgan fingerprint density at radius 1 is 1.47 bits per heavy atom. The highest BCUT2D eigenvalue weighted by Gasteiger charge is 2.15. The number of amides is 1. The Kier molecular flexibility index (Phi) is 7.34. The Bertz CT molecular complexity index is 268. The summed E-state index contributed by atoms with van der Waals surface area (Å²) < 4.78 is 10.2. The number of rotatable bonds is 7. The van der Waals surface area contributed by atoms with Crippen molar-refractivity contribution in [3.8, 4) is 0 Å². The Morgan fingerprint density at radius 2 is 2.35 bits per heavy atom. The molecule has 1 aliphatic heterocycles. The second-order valence-electron chi connectivity index (χ2n) is 3.95. The van der Waals surface area contributed by atoms with Gasteiger partial charge in [0.15, 0.2) is 0 Å². The molecule has 1 amide bonds. The topological polar surface area (TPSA) is 47.6 Å². The van der Waals surface area contributed by atoms with E-state index in [1.807, 2.05) is 6.08 Å². The highest BCUT2D eigenvalue weighted by atomic mass is 16.7. The standard InChI is InChI=1S/C13H21NO3/c1-2-3-4-5-6-7-8-13(15)14-9-12-10-16-11-17-12/h5-8,12H,2-4,9-11H2,1H3,(H,14,15)/b6-5+,8-7+. The molecule has 1 aliphatic rings. The molecule has 1 N–H and O–H groups in total. The minimum absolute atomic E-state index is 0.00699. The second-order valence-corrected chi connectivity index (χ2v) is 3.95. The van der Waals surface area contributed by atoms with Crippen LogP contribution in [0.2, 0.25) is 0 Å². The van der Waals surface area contributed by atoms with E-state index in [0.29, 0.717) is 19.9 Å². The van der Waals surface area contributed by atoms with Gasteiger partial charge in [-0.15, -0.1) is 0 Å². The number of carbonyl (C=O) groups is 1. The molecule has 0 aromatic rings. The number of ether oxygens (including phenoxy) is 2. The molecule has 1 saturated heterocycles. The largest absolute Gasteiger partial charge is 0.353 e. The third kappa shape index (κ3) is 6.92. The van der Waals surface area contributed by atoms with Crippen LogP contribution in [0, 0.1) is 0 Å². The van der Waals surface area contributed by atoms with Crippen LogP contribution in [0.1, 0.15) is 26.2 Å². The van der Waals surface area contributed by atoms with Gasteiger partial charge in [-0.05, 0) is 6.42 Å². The van der Waals surface area contributed by atoms with Gasteiger partial charge in [-0.1, -0.05) is 38.0 Å². The zero-order valence-electron chi connectivity index (χ0n) is 10.4. The van der Waals surface area contributed by atoms with Crippen molar-refractivity contribution in [3.63, 3.8) is 0 Å². The molecule has 96 valence electrons. The van der Waals surface area contributed by atoms with Crippen molar-refractivity contribution in [1.29, 1.82) is 0 Å². The summed E-state index contributed by atoms with van der Waals surface area (Å²) in [6.45, 7) is 3.55. The molecule has 0 bridgehead atoms. The van der Waals surface area contributed by atoms with Crippen molar-refractivity contribution in [2.45, 2.75) is 32.3 Å². The van der Waals surface area contributed by atoms with E-state index in [-0.39, 0.29) is 12.0 Å². The van der Waals surface area contributed by atoms with Crippen molar-refractivity contribution in [1.82, 2.24) is 5.32 Å². The Hall–Kier alpha value is -1.13. The first kappa shape index (κ1) is 13.9. The number of allylic oxidation sites excluding steroid dienone is 3. The summed E-state index contributed by atoms with van der Waals surface area (Å²) in [4.78, 5) is 11.4. The van der Waals surface area contributed by atoms with Crippen LogP contribution in [0.25, 0.3) is 0 Å². The lowest BCUT2D eigenvalue weighted by Crippen LogP contribution is -2.32. The first-order chi connectivity index (χ1) is 8.33. The van der Waals surface area contributed by atoms with E-state index in [0.717, 1.165) is 6.42 Å². The maximum atomic E-state index is 11.4. The Labute approximate surface area is 103 Å². The van der Waals surface area contributed by atoms with Gasteiger partial charge < -0.3 is 14.8 Å². The van der Waals surface area contributed by atoms with Crippen molar-refractivity contribution < 1.29 is 14.3 Å². The first-order valence-corrected chi connectivity index (χ1v) is 6.13. The number of hydrogen-bond donors (Lipinski definition) is 1. The minimum atomic E-state index is -0.0966. The number of carbonyl (C=O) groups excluding carboxylic acids is 1. The van der Waals surface area contributed by atoms with Gasteiger partial charge >= 0.3 is 0 Å². The van der Waals surface area contributed by atoms with Crippen LogP contribution in [-0.2, 0) is 14.3 Å². The predicted molar refractivity (Wildman–Crippen MR) is 66.5 cm³/mol. The molecule has 0 aromatic heterocycles. The maximum absolute atomic E-state index is 11.4. The van der Waals surface area contributed by atoms with E-state index in [9.17, 15) is 4.79 Å². The van der Waals surface area contributed by atoms with Crippen LogP contribution < -0.4 is 5.32 Å². The summed E-state index contributed by atoms with van der Waals surface area (Å²) in [5.41, 5.74) is 0. The zero-order chi connectivity index (χ0) is 12.3. The van der Waals surface area contributed by atoms with E-state index in [1.54, 1.807) is 6.08 Å². The summed E-state index contributed by atoms with van der Waals surface area (Å²) in [5.74, 6) is -0.0966. The summed E-state index contributed by atoms with van der Waals surface area (Å²) in [7, 11) is 0. The average molecular weight is 239 g/mol. The summed E-state index contributed by atoms with van der Waals surface area (Å²) in [6, 6.07) is 0. The Balaban J connectivity index is 2.06. The fourth-order valence-electron chi connectivity index (χ4n) is 1.40. The van der Waals surface area contributed by atoms with Crippen LogP contribution in [0.4, 0.5) is 0 Å². The van der Waals surface area contributed by atoms with Crippen molar-refractivity contribution >= 4 is 5.91 Å². The summed E-state index contributed by atoms with van der Waals surface area (Å²) in [5, 5.41) is 2.76. The monoisotopic (exact) mass is 239 g/mol. The minimum Gasteiger partial charge on any atom is -0.353 e. The lowest BCUT2D eigenvalue weighted by molar-refractivity contribution is -0.116. The third-order valence-electron chi connectivity index (χ3n) is 2.41. The van der Waals surface area contributed by atoms with Gasteiger partial charge in [0.25, 0.3) is 0 Å². The van der Waals surface area contributed by atoms with Gasteiger partial charge in [-0.25, -0.2) is 0 Å². The Morgan fingerprint density at radius 3 is 3.06 bits per heavy atom. The molecule has 17 heavy (non-hydrogen) atoms. The molecule has 0 aromatic carbocycles. The molecule has 0 saturated carbocycles. The maximum Gasteiger partial charge on any atom is 0.244 e. The lowest BCUT2D eigenvalue weighted by Gasteiger charge is -2.06. The molecular weight excluding hydrogens is 218 g/mol. The summed E-state index contributed by atoms with van der Waals surface area (Å²) in [6.07, 6.45) is 10.7. The molecule has 4 nitrogen and oxygen atoms in total. The summed E-state index contributed by atoms with van der Waals surface area (Å²) >= 11 is 0. The van der Waals surface area contributed by atoms with Gasteiger partial charge in [0, 0.05) is 12.6 Å². The quantitative estimate of drug-likeness (QED) is 0.418. The fraction of sp³-hybridized carbons (Fsp3) is 0.615. The van der Waals surface area contributed by atoms with Crippen LogP contribution in [0.15, 0.2) is 24.3 Å². The van der Waals surface area contributed by atoms with Crippen LogP contribution in [-0.4, -0.2) is 32.0 Å². The first-order valence-electron chi connectivity index (χ1n) is 6.13. The molecule has 0 aliphatic carbocycles. The van der Waals surface area contributed by atoms with Crippen LogP contribution >= 0.6 is 0 Å². The van der Waals surface area contributed by atoms with Crippen LogP contribution in [0.3, 0.4) is 0 Å². The van der Waals surface area contributed by atoms with Gasteiger partial charge in [0.05, 0.1) is 6.61 Å². The number of unbranched alkanes of at least 4 members (excludes halogenated alkanes) is 2. The smallest absolute Gasteiger partial charge is 0.244 e. The highest BCUT2D eigenvalue weighted by Crippen LogP contribution is 2.00. The predicted octanol–water partition coefficient (Wildman–Crippen LogP) is 1.78. The van der Waals surface area contributed by atoms with E-state index in [1.165, 1.54) is 18.9 Å². The van der Waals surface area contributed by atoms with Crippen molar-refractivity contribution in [3.05, 3.63) is 24.3 Å². The van der Waals surface area contributed by atoms with Crippen LogP contribution in [0.5, 0.6) is 0 Å². The number of hydrogen-bond acceptors (Lipinski definition) is 3. The fourth-order valence-corrected chi connectivity index (χ4v) is 1.40. The molecule has 0 spiro atoms. The highest BCUT2D eigenvalue weighted by molar-refractivity contribution is 5.87. The number of nitrogens with one attached hydrogen (secondary N) is 1. The normalized spacial score (nSPS) is 20.4. The van der Waals surface area contributed by atoms with Gasteiger partial charge in [-0.2, -0.15) is 0 Å². The second kappa shape index (κ2) is 8.96. The molecule has 1 unspecified atom stereocenters. The molecular formula is C13H21NO3. The zero-order valence-corrected chi connectivity index (χ0v) is 10.4. The van der Waals surface area contributed by atoms with E-state index < -0.39 is 0 Å². The molecule has 1 fully saturated rings. The van der Waals surface area contributed by atoms with Crippen molar-refractivity contribution in [2.75, 3.05) is 19.9 Å². The average Bonchev–Trinajstić information content (AvgIpc) is 2.84. The molecule has 1 heterocycles. The molecule has 0 radical (unpaired) electrons. The van der Waals surface area contributed by atoms with E-state index in [2.05, 4.69) is 18.3 Å². The van der Waals surface area contributed by atoms with Crippen molar-refractivity contribution in [2.24, 2.45) is 0 Å². The molecule has 4 heteroatoms. The SMILES string of the molecule is CCCC/C=C/C=C/C(=O)NCC1COCO1. The van der Waals surface area contributed by atoms with E-state index in [4.69, 9.17) is 9.47 Å². The molecule has 1 atom stereocenters. The lowest BCUT2D eigenvalue weighted by atomic mass is 10.2. The van der Waals surface area contributed by atoms with Gasteiger partial charge in [0.2, 0.25) is 5.91 Å². The van der Waals surface area contributed by atoms with Gasteiger partial charge in [0.1, 0.15) is 12.9 Å². The molecule has 1 rings (SSSR count). The third-order valence-corrected chi connectivity index (χ3v) is 2.41. The van der Waals surface area contributed by atoms with E-state index >= 15 is 0 Å².